The van der Waals surface area contributed by atoms with Crippen LogP contribution < -0.4 is 10.1 Å². The lowest BCUT2D eigenvalue weighted by Crippen LogP contribution is -2.54. The Labute approximate surface area is 334 Å². The number of pyridine rings is 1. The highest BCUT2D eigenvalue weighted by Crippen LogP contribution is 2.33. The van der Waals surface area contributed by atoms with Gasteiger partial charge in [0.1, 0.15) is 0 Å². The normalized spacial score (nSPS) is 15.8. The maximum atomic E-state index is 15.7. The fourth-order valence-electron chi connectivity index (χ4n) is 7.54. The lowest BCUT2D eigenvalue weighted by molar-refractivity contribution is -0.895. The third-order valence-corrected chi connectivity index (χ3v) is 11.3. The number of quaternary nitrogens is 1. The van der Waals surface area contributed by atoms with Gasteiger partial charge in [0, 0.05) is 86.6 Å². The van der Waals surface area contributed by atoms with Crippen molar-refractivity contribution < 1.29 is 32.4 Å². The third-order valence-electron chi connectivity index (χ3n) is 11.0. The monoisotopic (exact) mass is 800 g/mol. The number of carbonyl (C=O) groups is 3. The molecule has 298 valence electrons. The van der Waals surface area contributed by atoms with Crippen LogP contribution in [0.2, 0.25) is 5.02 Å². The van der Waals surface area contributed by atoms with Gasteiger partial charge in [0.05, 0.1) is 74.7 Å². The number of carbonyl (C=O) groups excluding carboxylic acids is 3. The zero-order chi connectivity index (χ0) is 40.6. The van der Waals surface area contributed by atoms with Gasteiger partial charge in [-0.1, -0.05) is 23.7 Å². The second-order valence-corrected chi connectivity index (χ2v) is 15.6. The average Bonchev–Trinajstić information content (AvgIpc) is 3.76. The number of imidazole rings is 1. The standard InChI is InChI=1S/C41H44ClF2N9O4/c1-25-32(24-52(48-25)23-28-7-6-8-35(46-28)57-5)29-11-12-31(37(44)36(29)43)34-22-45-38(49(34)2)39(54)47-27-9-10-30(33(42)21-27)41(56)51-17-15-50(16-18-51)40(55)26-13-19-53(3,4)20-14-26/h6-12,21-22,24,26H,13-20,23H2,1-5H3/p+1. The van der Waals surface area contributed by atoms with Gasteiger partial charge in [-0.05, 0) is 37.3 Å². The van der Waals surface area contributed by atoms with E-state index in [4.69, 9.17) is 16.3 Å². The molecule has 2 fully saturated rings. The molecule has 57 heavy (non-hydrogen) atoms. The molecule has 13 nitrogen and oxygen atoms in total. The topological polar surface area (TPSA) is 127 Å². The minimum Gasteiger partial charge on any atom is -0.481 e. The number of nitrogens with one attached hydrogen (secondary N) is 1. The Balaban J connectivity index is 0.987. The molecule has 5 aromatic rings. The smallest absolute Gasteiger partial charge is 0.291 e. The number of nitrogens with zero attached hydrogens (tertiary/aromatic N) is 8. The SMILES string of the molecule is COc1cccc(Cn2cc(-c3ccc(-c4cnc(C(=O)Nc5ccc(C(=O)N6CCN(C(=O)C7CC[N+](C)(C)CC7)CC6)c(Cl)c5)n4C)c(F)c3F)c(C)n2)n1. The van der Waals surface area contributed by atoms with Crippen LogP contribution in [0.4, 0.5) is 14.5 Å². The summed E-state index contributed by atoms with van der Waals surface area (Å²) in [5.74, 6) is -2.44. The summed E-state index contributed by atoms with van der Waals surface area (Å²) in [6, 6.07) is 12.9. The molecule has 0 saturated carbocycles. The molecule has 5 heterocycles. The van der Waals surface area contributed by atoms with E-state index < -0.39 is 17.5 Å². The van der Waals surface area contributed by atoms with Crippen molar-refractivity contribution in [2.45, 2.75) is 26.3 Å². The number of methoxy groups -OCH3 is 1. The maximum absolute atomic E-state index is 15.7. The summed E-state index contributed by atoms with van der Waals surface area (Å²) in [5, 5.41) is 7.35. The molecule has 2 aliphatic rings. The quantitative estimate of drug-likeness (QED) is 0.191. The number of piperidine rings is 1. The highest BCUT2D eigenvalue weighted by molar-refractivity contribution is 6.34. The molecule has 0 spiro atoms. The van der Waals surface area contributed by atoms with Crippen molar-refractivity contribution in [2.24, 2.45) is 13.0 Å². The van der Waals surface area contributed by atoms with Crippen LogP contribution in [0.25, 0.3) is 22.4 Å². The maximum Gasteiger partial charge on any atom is 0.291 e. The van der Waals surface area contributed by atoms with Gasteiger partial charge in [-0.2, -0.15) is 5.10 Å². The zero-order valence-electron chi connectivity index (χ0n) is 32.6. The van der Waals surface area contributed by atoms with E-state index in [1.165, 1.54) is 43.1 Å². The second kappa shape index (κ2) is 16.1. The van der Waals surface area contributed by atoms with Crippen LogP contribution in [-0.2, 0) is 18.4 Å². The number of aryl methyl sites for hydroxylation is 1. The fraction of sp³-hybridized carbons (Fsp3) is 0.366. The van der Waals surface area contributed by atoms with Crippen LogP contribution >= 0.6 is 11.6 Å². The van der Waals surface area contributed by atoms with Gasteiger partial charge >= 0.3 is 0 Å². The average molecular weight is 801 g/mol. The van der Waals surface area contributed by atoms with E-state index in [1.54, 1.807) is 40.9 Å². The number of halogens is 3. The van der Waals surface area contributed by atoms with Crippen molar-refractivity contribution in [3.63, 3.8) is 0 Å². The van der Waals surface area contributed by atoms with E-state index in [0.29, 0.717) is 61.2 Å². The number of aromatic nitrogens is 5. The summed E-state index contributed by atoms with van der Waals surface area (Å²) in [4.78, 5) is 52.1. The predicted octanol–water partition coefficient (Wildman–Crippen LogP) is 5.67. The van der Waals surface area contributed by atoms with Crippen LogP contribution in [0.3, 0.4) is 0 Å². The van der Waals surface area contributed by atoms with E-state index in [9.17, 15) is 14.4 Å². The first-order chi connectivity index (χ1) is 27.2. The largest absolute Gasteiger partial charge is 0.481 e. The number of piperazine rings is 1. The van der Waals surface area contributed by atoms with Gasteiger partial charge in [0.15, 0.2) is 17.5 Å². The minimum absolute atomic E-state index is 0.0336. The molecule has 0 atom stereocenters. The van der Waals surface area contributed by atoms with Crippen LogP contribution in [0.15, 0.2) is 60.9 Å². The molecular weight excluding hydrogens is 756 g/mol. The molecule has 2 aromatic carbocycles. The number of ether oxygens (including phenoxy) is 1. The van der Waals surface area contributed by atoms with Crippen LogP contribution in [0, 0.1) is 24.5 Å². The van der Waals surface area contributed by atoms with Crippen molar-refractivity contribution in [2.75, 3.05) is 65.8 Å². The Morgan fingerprint density at radius 1 is 0.947 bits per heavy atom. The number of rotatable bonds is 9. The second-order valence-electron chi connectivity index (χ2n) is 15.2. The van der Waals surface area contributed by atoms with Crippen LogP contribution in [0.1, 0.15) is 45.2 Å². The van der Waals surface area contributed by atoms with Crippen molar-refractivity contribution >= 4 is 35.0 Å². The first-order valence-electron chi connectivity index (χ1n) is 18.8. The summed E-state index contributed by atoms with van der Waals surface area (Å²) in [7, 11) is 7.43. The lowest BCUT2D eigenvalue weighted by Gasteiger charge is -2.40. The number of hydrogen-bond donors (Lipinski definition) is 1. The number of benzene rings is 2. The van der Waals surface area contributed by atoms with E-state index >= 15 is 8.78 Å². The number of anilines is 1. The van der Waals surface area contributed by atoms with Crippen molar-refractivity contribution in [1.29, 1.82) is 0 Å². The van der Waals surface area contributed by atoms with Gasteiger partial charge < -0.3 is 28.9 Å². The van der Waals surface area contributed by atoms with Gasteiger partial charge in [-0.15, -0.1) is 0 Å². The van der Waals surface area contributed by atoms with Crippen LogP contribution in [-0.4, -0.2) is 117 Å². The minimum atomic E-state index is -1.10. The van der Waals surface area contributed by atoms with Gasteiger partial charge in [-0.3, -0.25) is 19.1 Å². The molecule has 1 N–H and O–H groups in total. The molecule has 0 bridgehead atoms. The summed E-state index contributed by atoms with van der Waals surface area (Å²) in [6.45, 7) is 5.69. The van der Waals surface area contributed by atoms with E-state index in [0.717, 1.165) is 30.4 Å². The molecular formula is C41H45ClF2N9O4+. The highest BCUT2D eigenvalue weighted by atomic mass is 35.5. The third kappa shape index (κ3) is 8.26. The Hall–Kier alpha value is -5.67. The molecule has 2 aliphatic heterocycles. The molecule has 16 heteroatoms. The zero-order valence-corrected chi connectivity index (χ0v) is 33.3. The molecule has 0 aliphatic carbocycles. The molecule has 3 aromatic heterocycles. The predicted molar refractivity (Wildman–Crippen MR) is 211 cm³/mol. The summed E-state index contributed by atoms with van der Waals surface area (Å²) in [5.41, 5.74) is 2.34. The van der Waals surface area contributed by atoms with E-state index in [-0.39, 0.29) is 51.0 Å². The van der Waals surface area contributed by atoms with Crippen molar-refractivity contribution in [1.82, 2.24) is 34.1 Å². The number of hydrogen-bond acceptors (Lipinski definition) is 7. The first-order valence-corrected chi connectivity index (χ1v) is 19.2. The Morgan fingerprint density at radius 2 is 1.63 bits per heavy atom. The van der Waals surface area contributed by atoms with Crippen molar-refractivity contribution in [3.05, 3.63) is 100 Å². The summed E-state index contributed by atoms with van der Waals surface area (Å²) < 4.78 is 40.6. The first kappa shape index (κ1) is 39.6. The molecule has 2 saturated heterocycles. The fourth-order valence-corrected chi connectivity index (χ4v) is 7.80. The number of likely N-dealkylation sites (tertiary alicyclic amines) is 1. The number of amides is 3. The summed E-state index contributed by atoms with van der Waals surface area (Å²) in [6.07, 6.45) is 4.68. The van der Waals surface area contributed by atoms with Crippen LogP contribution in [0.5, 0.6) is 5.88 Å². The Morgan fingerprint density at radius 3 is 2.33 bits per heavy atom. The van der Waals surface area contributed by atoms with E-state index in [1.807, 2.05) is 17.0 Å². The Kier molecular flexibility index (Phi) is 11.1. The molecule has 0 unspecified atom stereocenters. The lowest BCUT2D eigenvalue weighted by atomic mass is 9.94. The van der Waals surface area contributed by atoms with Gasteiger partial charge in [0.25, 0.3) is 11.8 Å². The molecule has 7 rings (SSSR count). The van der Waals surface area contributed by atoms with Gasteiger partial charge in [-0.25, -0.2) is 18.7 Å². The molecule has 3 amide bonds. The molecule has 0 radical (unpaired) electrons. The van der Waals surface area contributed by atoms with Gasteiger partial charge in [0.2, 0.25) is 11.8 Å². The summed E-state index contributed by atoms with van der Waals surface area (Å²) >= 11 is 6.56. The Bertz CT molecular complexity index is 2340. The van der Waals surface area contributed by atoms with E-state index in [2.05, 4.69) is 34.5 Å². The highest BCUT2D eigenvalue weighted by Gasteiger charge is 2.35. The van der Waals surface area contributed by atoms with Crippen molar-refractivity contribution in [3.8, 4) is 28.3 Å².